The van der Waals surface area contributed by atoms with Crippen LogP contribution in [-0.2, 0) is 13.8 Å². The quantitative estimate of drug-likeness (QED) is 0.389. The van der Waals surface area contributed by atoms with Gasteiger partial charge in [0.25, 0.3) is 0 Å². The number of amides is 3. The Balaban J connectivity index is 2.54. The van der Waals surface area contributed by atoms with Crippen LogP contribution < -0.4 is 5.73 Å². The van der Waals surface area contributed by atoms with E-state index in [-0.39, 0.29) is 24.2 Å². The van der Waals surface area contributed by atoms with Gasteiger partial charge in [-0.15, -0.1) is 0 Å². The third kappa shape index (κ3) is 2.11. The zero-order chi connectivity index (χ0) is 10.0. The van der Waals surface area contributed by atoms with Crippen LogP contribution in [0.5, 0.6) is 0 Å². The van der Waals surface area contributed by atoms with Crippen molar-refractivity contribution in [1.29, 1.82) is 0 Å². The smallest absolute Gasteiger partial charge is 0.352 e. The van der Waals surface area contributed by atoms with Crippen molar-refractivity contribution in [2.75, 3.05) is 0 Å². The maximum atomic E-state index is 11.2. The predicted molar refractivity (Wildman–Crippen MR) is 43.9 cm³/mol. The summed E-state index contributed by atoms with van der Waals surface area (Å²) >= 11 is 0.372. The molecule has 0 saturated carbocycles. The first-order chi connectivity index (χ1) is 6.02. The Morgan fingerprint density at radius 3 is 2.69 bits per heavy atom. The number of nitrogens with two attached hydrogens (primary N) is 1. The fourth-order valence-corrected chi connectivity index (χ4v) is 1.47. The van der Waals surface area contributed by atoms with E-state index >= 15 is 0 Å². The van der Waals surface area contributed by atoms with Crippen LogP contribution in [0.2, 0.25) is 0 Å². The third-order valence-electron chi connectivity index (χ3n) is 1.52. The molecule has 0 bridgehead atoms. The third-order valence-corrected chi connectivity index (χ3v) is 2.29. The van der Waals surface area contributed by atoms with Crippen LogP contribution in [0.3, 0.4) is 0 Å². The van der Waals surface area contributed by atoms with E-state index in [1.54, 1.807) is 6.92 Å². The molecule has 0 aromatic heterocycles. The van der Waals surface area contributed by atoms with Crippen molar-refractivity contribution < 1.29 is 18.6 Å². The Hall–Kier alpha value is -1.24. The molecule has 0 spiro atoms. The lowest BCUT2D eigenvalue weighted by Gasteiger charge is -2.09. The maximum absolute atomic E-state index is 11.2. The Morgan fingerprint density at radius 1 is 1.69 bits per heavy atom. The highest BCUT2D eigenvalue weighted by molar-refractivity contribution is 7.93. The summed E-state index contributed by atoms with van der Waals surface area (Å²) in [6, 6.07) is 0. The number of carbonyl (C=O) groups excluding carboxylic acids is 3. The first kappa shape index (κ1) is 9.85. The van der Waals surface area contributed by atoms with Gasteiger partial charge in [0.15, 0.2) is 12.2 Å². The zero-order valence-corrected chi connectivity index (χ0v) is 7.67. The molecule has 0 aromatic carbocycles. The number of imide groups is 1. The van der Waals surface area contributed by atoms with Gasteiger partial charge in [0.1, 0.15) is 0 Å². The molecule has 2 N–H and O–H groups in total. The molecule has 1 aliphatic rings. The summed E-state index contributed by atoms with van der Waals surface area (Å²) in [4.78, 5) is 32.4. The number of carbonyl (C=O) groups is 3. The molecule has 1 saturated heterocycles. The Labute approximate surface area is 78.7 Å². The van der Waals surface area contributed by atoms with Crippen molar-refractivity contribution in [3.8, 4) is 0 Å². The van der Waals surface area contributed by atoms with E-state index in [0.717, 1.165) is 4.31 Å². The summed E-state index contributed by atoms with van der Waals surface area (Å²) < 4.78 is 5.06. The van der Waals surface area contributed by atoms with Crippen LogP contribution in [0.15, 0.2) is 0 Å². The van der Waals surface area contributed by atoms with Crippen molar-refractivity contribution in [3.05, 3.63) is 0 Å². The second-order valence-corrected chi connectivity index (χ2v) is 3.29. The molecule has 0 radical (unpaired) electrons. The van der Waals surface area contributed by atoms with E-state index in [1.807, 2.05) is 0 Å². The molecule has 1 unspecified atom stereocenters. The molecule has 0 aromatic rings. The van der Waals surface area contributed by atoms with Crippen molar-refractivity contribution in [2.24, 2.45) is 11.7 Å². The van der Waals surface area contributed by atoms with Gasteiger partial charge in [0.2, 0.25) is 11.8 Å². The number of nitrogens with zero attached hydrogens (tertiary/aromatic N) is 1. The molecular weight excluding hydrogens is 196 g/mol. The summed E-state index contributed by atoms with van der Waals surface area (Å²) in [5, 5.41) is 0. The molecule has 1 heterocycles. The summed E-state index contributed by atoms with van der Waals surface area (Å²) in [6.45, 7) is 1.63. The first-order valence-corrected chi connectivity index (χ1v) is 4.23. The molecule has 1 atom stereocenters. The number of primary amides is 1. The monoisotopic (exact) mass is 204 g/mol. The predicted octanol–water partition coefficient (Wildman–Crippen LogP) is 0.0399. The summed E-state index contributed by atoms with van der Waals surface area (Å²) in [5.41, 5.74) is 4.66. The van der Waals surface area contributed by atoms with Gasteiger partial charge in [0, 0.05) is 12.3 Å². The van der Waals surface area contributed by atoms with E-state index in [1.165, 1.54) is 0 Å². The highest BCUT2D eigenvalue weighted by atomic mass is 32.2. The molecule has 3 amide bonds. The number of hydrogen-bond donors (Lipinski definition) is 1. The Bertz CT molecular complexity index is 267. The normalized spacial score (nSPS) is 22.2. The van der Waals surface area contributed by atoms with Crippen molar-refractivity contribution in [3.63, 3.8) is 0 Å². The summed E-state index contributed by atoms with van der Waals surface area (Å²) in [7, 11) is 0. The van der Waals surface area contributed by atoms with Gasteiger partial charge in [0.05, 0.1) is 0 Å². The molecule has 72 valence electrons. The SMILES string of the molecule is CC1CC(=O)N(SOC(N)=O)C1=O. The average Bonchev–Trinajstić information content (AvgIpc) is 2.24. The van der Waals surface area contributed by atoms with Gasteiger partial charge in [-0.05, 0) is 0 Å². The minimum atomic E-state index is -1.04. The van der Waals surface area contributed by atoms with Crippen LogP contribution in [0.1, 0.15) is 13.3 Å². The highest BCUT2D eigenvalue weighted by Crippen LogP contribution is 2.26. The topological polar surface area (TPSA) is 89.7 Å². The molecule has 1 fully saturated rings. The van der Waals surface area contributed by atoms with Crippen LogP contribution >= 0.6 is 12.2 Å². The van der Waals surface area contributed by atoms with E-state index < -0.39 is 6.09 Å². The molecule has 13 heavy (non-hydrogen) atoms. The van der Waals surface area contributed by atoms with Gasteiger partial charge in [-0.2, -0.15) is 4.31 Å². The van der Waals surface area contributed by atoms with E-state index in [9.17, 15) is 14.4 Å². The Morgan fingerprint density at radius 2 is 2.31 bits per heavy atom. The van der Waals surface area contributed by atoms with Crippen molar-refractivity contribution in [2.45, 2.75) is 13.3 Å². The van der Waals surface area contributed by atoms with Gasteiger partial charge >= 0.3 is 6.09 Å². The molecule has 0 aliphatic carbocycles. The number of hydrogen-bond acceptors (Lipinski definition) is 5. The minimum Gasteiger partial charge on any atom is -0.352 e. The lowest BCUT2D eigenvalue weighted by atomic mass is 10.1. The molecule has 1 aliphatic heterocycles. The van der Waals surface area contributed by atoms with Gasteiger partial charge in [-0.1, -0.05) is 6.92 Å². The Kier molecular flexibility index (Phi) is 2.76. The molecular formula is C6H8N2O4S. The fourth-order valence-electron chi connectivity index (χ4n) is 0.908. The van der Waals surface area contributed by atoms with Crippen molar-refractivity contribution >= 4 is 30.1 Å². The standard InChI is InChI=1S/C6H8N2O4S/c1-3-2-4(9)8(5(3)10)13-12-6(7)11/h3H,2H2,1H3,(H2,7,11). The van der Waals surface area contributed by atoms with Gasteiger partial charge < -0.3 is 9.92 Å². The highest BCUT2D eigenvalue weighted by Gasteiger charge is 2.37. The molecule has 6 nitrogen and oxygen atoms in total. The van der Waals surface area contributed by atoms with Crippen LogP contribution in [-0.4, -0.2) is 22.2 Å². The lowest BCUT2D eigenvalue weighted by Crippen LogP contribution is -2.25. The van der Waals surface area contributed by atoms with Crippen molar-refractivity contribution in [1.82, 2.24) is 4.31 Å². The van der Waals surface area contributed by atoms with E-state index in [0.29, 0.717) is 12.2 Å². The first-order valence-electron chi connectivity index (χ1n) is 3.53. The van der Waals surface area contributed by atoms with Gasteiger partial charge in [-0.3, -0.25) is 9.59 Å². The summed E-state index contributed by atoms with van der Waals surface area (Å²) in [5.74, 6) is -1.09. The fraction of sp³-hybridized carbons (Fsp3) is 0.500. The largest absolute Gasteiger partial charge is 0.418 e. The second-order valence-electron chi connectivity index (χ2n) is 2.61. The van der Waals surface area contributed by atoms with E-state index in [4.69, 9.17) is 0 Å². The van der Waals surface area contributed by atoms with E-state index in [2.05, 4.69) is 9.92 Å². The average molecular weight is 204 g/mol. The molecule has 1 rings (SSSR count). The summed E-state index contributed by atoms with van der Waals surface area (Å²) in [6.07, 6.45) is -0.890. The van der Waals surface area contributed by atoms with Crippen LogP contribution in [0.25, 0.3) is 0 Å². The molecule has 7 heteroatoms. The van der Waals surface area contributed by atoms with Gasteiger partial charge in [-0.25, -0.2) is 4.79 Å². The minimum absolute atomic E-state index is 0.147. The lowest BCUT2D eigenvalue weighted by molar-refractivity contribution is -0.132. The zero-order valence-electron chi connectivity index (χ0n) is 6.85. The maximum Gasteiger partial charge on any atom is 0.418 e. The van der Waals surface area contributed by atoms with Crippen LogP contribution in [0, 0.1) is 5.92 Å². The second kappa shape index (κ2) is 3.65. The number of rotatable bonds is 2. The van der Waals surface area contributed by atoms with Crippen LogP contribution in [0.4, 0.5) is 4.79 Å².